The van der Waals surface area contributed by atoms with Gasteiger partial charge in [0.15, 0.2) is 0 Å². The molecular weight excluding hydrogens is 282 g/mol. The molecule has 0 spiro atoms. The highest BCUT2D eigenvalue weighted by atomic mass is 32.1. The van der Waals surface area contributed by atoms with Crippen LogP contribution in [0.1, 0.15) is 43.4 Å². The van der Waals surface area contributed by atoms with E-state index in [0.29, 0.717) is 11.9 Å². The summed E-state index contributed by atoms with van der Waals surface area (Å²) in [7, 11) is 0. The number of hydrogen-bond donors (Lipinski definition) is 0. The molecule has 1 aromatic rings. The van der Waals surface area contributed by atoms with Crippen molar-refractivity contribution in [3.05, 3.63) is 22.4 Å². The second-order valence-corrected chi connectivity index (χ2v) is 7.22. The lowest BCUT2D eigenvalue weighted by Gasteiger charge is -2.38. The molecule has 2 aliphatic rings. The van der Waals surface area contributed by atoms with E-state index in [1.54, 1.807) is 0 Å². The zero-order valence-corrected chi connectivity index (χ0v) is 13.4. The summed E-state index contributed by atoms with van der Waals surface area (Å²) in [5.74, 6) is 0.607. The lowest BCUT2D eigenvalue weighted by Crippen LogP contribution is -2.47. The van der Waals surface area contributed by atoms with Gasteiger partial charge in [0.1, 0.15) is 0 Å². The summed E-state index contributed by atoms with van der Waals surface area (Å²) in [4.78, 5) is 16.4. The average Bonchev–Trinajstić information content (AvgIpc) is 3.07. The van der Waals surface area contributed by atoms with Crippen LogP contribution in [0.15, 0.2) is 17.5 Å². The second kappa shape index (κ2) is 7.41. The first kappa shape index (κ1) is 15.0. The number of amides is 1. The number of aryl methyl sites for hydroxylation is 1. The molecule has 4 heteroatoms. The summed E-state index contributed by atoms with van der Waals surface area (Å²) in [6, 6.07) is 4.78. The largest absolute Gasteiger partial charge is 0.381 e. The summed E-state index contributed by atoms with van der Waals surface area (Å²) >= 11 is 1.83. The Morgan fingerprint density at radius 1 is 1.29 bits per heavy atom. The number of rotatable bonds is 4. The maximum absolute atomic E-state index is 12.8. The molecule has 0 unspecified atom stereocenters. The van der Waals surface area contributed by atoms with Crippen LogP contribution in [-0.2, 0) is 16.0 Å². The average molecular weight is 307 g/mol. The van der Waals surface area contributed by atoms with Crippen molar-refractivity contribution in [2.75, 3.05) is 19.8 Å². The van der Waals surface area contributed by atoms with Gasteiger partial charge < -0.3 is 9.64 Å². The number of carbonyl (C=O) groups excluding carboxylic acids is 1. The minimum atomic E-state index is 0.209. The molecule has 3 rings (SSSR count). The standard InChI is InChI=1S/C17H25NO2S/c19-17(14-8-11-20-12-9-14)18-10-2-1-4-15(18)6-7-16-5-3-13-21-16/h3,5,13-15H,1-2,4,6-12H2/t15-/m1/s1. The molecule has 2 fully saturated rings. The number of carbonyl (C=O) groups is 1. The predicted molar refractivity (Wildman–Crippen MR) is 85.5 cm³/mol. The molecule has 0 radical (unpaired) electrons. The van der Waals surface area contributed by atoms with Crippen molar-refractivity contribution in [1.29, 1.82) is 0 Å². The molecule has 0 aromatic carbocycles. The molecule has 21 heavy (non-hydrogen) atoms. The summed E-state index contributed by atoms with van der Waals surface area (Å²) < 4.78 is 5.39. The minimum Gasteiger partial charge on any atom is -0.381 e. The lowest BCUT2D eigenvalue weighted by atomic mass is 9.92. The molecule has 2 aliphatic heterocycles. The normalized spacial score (nSPS) is 24.2. The molecule has 0 aliphatic carbocycles. The van der Waals surface area contributed by atoms with Crippen molar-refractivity contribution in [2.45, 2.75) is 51.0 Å². The van der Waals surface area contributed by atoms with Crippen LogP contribution >= 0.6 is 11.3 Å². The molecule has 0 saturated carbocycles. The van der Waals surface area contributed by atoms with Crippen LogP contribution in [0.2, 0.25) is 0 Å². The minimum absolute atomic E-state index is 0.209. The third-order valence-corrected chi connectivity index (χ3v) is 5.72. The van der Waals surface area contributed by atoms with Crippen molar-refractivity contribution in [3.63, 3.8) is 0 Å². The Hall–Kier alpha value is -0.870. The number of nitrogens with zero attached hydrogens (tertiary/aromatic N) is 1. The first-order valence-corrected chi connectivity index (χ1v) is 9.13. The quantitative estimate of drug-likeness (QED) is 0.852. The SMILES string of the molecule is O=C(C1CCOCC1)N1CCCC[C@@H]1CCc1cccs1. The van der Waals surface area contributed by atoms with E-state index in [9.17, 15) is 4.79 Å². The fourth-order valence-electron chi connectivity index (χ4n) is 3.53. The van der Waals surface area contributed by atoms with E-state index in [2.05, 4.69) is 22.4 Å². The van der Waals surface area contributed by atoms with Gasteiger partial charge in [0.05, 0.1) is 0 Å². The third-order valence-electron chi connectivity index (χ3n) is 4.78. The molecule has 1 atom stereocenters. The summed E-state index contributed by atoms with van der Waals surface area (Å²) in [5, 5.41) is 2.14. The fraction of sp³-hybridized carbons (Fsp3) is 0.706. The van der Waals surface area contributed by atoms with Gasteiger partial charge in [-0.25, -0.2) is 0 Å². The molecule has 3 heterocycles. The monoisotopic (exact) mass is 307 g/mol. The Labute approximate surface area is 131 Å². The molecule has 3 nitrogen and oxygen atoms in total. The Bertz CT molecular complexity index is 440. The highest BCUT2D eigenvalue weighted by Gasteiger charge is 2.32. The topological polar surface area (TPSA) is 29.5 Å². The van der Waals surface area contributed by atoms with Crippen LogP contribution < -0.4 is 0 Å². The van der Waals surface area contributed by atoms with Crippen molar-refractivity contribution in [1.82, 2.24) is 4.90 Å². The maximum atomic E-state index is 12.8. The van der Waals surface area contributed by atoms with E-state index in [1.165, 1.54) is 24.1 Å². The Morgan fingerprint density at radius 2 is 2.14 bits per heavy atom. The van der Waals surface area contributed by atoms with Gasteiger partial charge in [-0.05, 0) is 56.4 Å². The van der Waals surface area contributed by atoms with E-state index < -0.39 is 0 Å². The molecule has 0 N–H and O–H groups in total. The van der Waals surface area contributed by atoms with Gasteiger partial charge in [-0.2, -0.15) is 0 Å². The summed E-state index contributed by atoms with van der Waals surface area (Å²) in [5.41, 5.74) is 0. The van der Waals surface area contributed by atoms with Gasteiger partial charge in [0.2, 0.25) is 5.91 Å². The number of piperidine rings is 1. The predicted octanol–water partition coefficient (Wildman–Crippen LogP) is 3.49. The summed E-state index contributed by atoms with van der Waals surface area (Å²) in [6.45, 7) is 2.47. The van der Waals surface area contributed by atoms with E-state index in [4.69, 9.17) is 4.74 Å². The Kier molecular flexibility index (Phi) is 5.31. The fourth-order valence-corrected chi connectivity index (χ4v) is 4.26. The van der Waals surface area contributed by atoms with E-state index in [1.807, 2.05) is 11.3 Å². The third kappa shape index (κ3) is 3.86. The first-order valence-electron chi connectivity index (χ1n) is 8.25. The van der Waals surface area contributed by atoms with Crippen LogP contribution in [0, 0.1) is 5.92 Å². The van der Waals surface area contributed by atoms with Crippen LogP contribution in [-0.4, -0.2) is 36.6 Å². The molecular formula is C17H25NO2S. The first-order chi connectivity index (χ1) is 10.3. The van der Waals surface area contributed by atoms with Crippen LogP contribution in [0.3, 0.4) is 0 Å². The number of hydrogen-bond acceptors (Lipinski definition) is 3. The smallest absolute Gasteiger partial charge is 0.226 e. The molecule has 2 saturated heterocycles. The maximum Gasteiger partial charge on any atom is 0.226 e. The zero-order chi connectivity index (χ0) is 14.5. The van der Waals surface area contributed by atoms with Crippen molar-refractivity contribution in [2.24, 2.45) is 5.92 Å². The number of likely N-dealkylation sites (tertiary alicyclic amines) is 1. The van der Waals surface area contributed by atoms with Crippen molar-refractivity contribution < 1.29 is 9.53 Å². The molecule has 116 valence electrons. The second-order valence-electron chi connectivity index (χ2n) is 6.19. The molecule has 1 amide bonds. The highest BCUT2D eigenvalue weighted by molar-refractivity contribution is 7.09. The van der Waals surface area contributed by atoms with Gasteiger partial charge in [-0.1, -0.05) is 6.07 Å². The van der Waals surface area contributed by atoms with E-state index >= 15 is 0 Å². The lowest BCUT2D eigenvalue weighted by molar-refractivity contribution is -0.142. The highest BCUT2D eigenvalue weighted by Crippen LogP contribution is 2.26. The van der Waals surface area contributed by atoms with E-state index in [-0.39, 0.29) is 5.92 Å². The van der Waals surface area contributed by atoms with Crippen LogP contribution in [0.4, 0.5) is 0 Å². The van der Waals surface area contributed by atoms with Crippen molar-refractivity contribution >= 4 is 17.2 Å². The summed E-state index contributed by atoms with van der Waals surface area (Å²) in [6.07, 6.45) is 7.67. The Balaban J connectivity index is 1.59. The Morgan fingerprint density at radius 3 is 2.90 bits per heavy atom. The van der Waals surface area contributed by atoms with Gasteiger partial charge in [0.25, 0.3) is 0 Å². The molecule has 1 aromatic heterocycles. The van der Waals surface area contributed by atoms with Crippen LogP contribution in [0.5, 0.6) is 0 Å². The van der Waals surface area contributed by atoms with Crippen LogP contribution in [0.25, 0.3) is 0 Å². The van der Waals surface area contributed by atoms with Gasteiger partial charge in [-0.15, -0.1) is 11.3 Å². The number of ether oxygens (including phenoxy) is 1. The van der Waals surface area contributed by atoms with Crippen molar-refractivity contribution in [3.8, 4) is 0 Å². The van der Waals surface area contributed by atoms with Gasteiger partial charge >= 0.3 is 0 Å². The van der Waals surface area contributed by atoms with Gasteiger partial charge in [-0.3, -0.25) is 4.79 Å². The zero-order valence-electron chi connectivity index (χ0n) is 12.6. The molecule has 0 bridgehead atoms. The van der Waals surface area contributed by atoms with E-state index in [0.717, 1.165) is 45.4 Å². The van der Waals surface area contributed by atoms with Gasteiger partial charge in [0, 0.05) is 36.6 Å². The number of thiophene rings is 1.